The van der Waals surface area contributed by atoms with Crippen molar-refractivity contribution in [3.63, 3.8) is 0 Å². The van der Waals surface area contributed by atoms with Gasteiger partial charge in [-0.3, -0.25) is 4.79 Å². The van der Waals surface area contributed by atoms with Crippen molar-refractivity contribution in [3.05, 3.63) is 50.9 Å². The van der Waals surface area contributed by atoms with Crippen LogP contribution < -0.4 is 10.2 Å². The van der Waals surface area contributed by atoms with Crippen molar-refractivity contribution in [2.24, 2.45) is 22.7 Å². The van der Waals surface area contributed by atoms with Crippen LogP contribution in [0.3, 0.4) is 0 Å². The highest BCUT2D eigenvalue weighted by molar-refractivity contribution is 5.33. The van der Waals surface area contributed by atoms with Crippen molar-refractivity contribution in [2.45, 2.75) is 92.3 Å². The Labute approximate surface area is 198 Å². The maximum Gasteiger partial charge on any atom is 0.291 e. The first-order valence-corrected chi connectivity index (χ1v) is 12.3. The maximum atomic E-state index is 13.2. The second-order valence-corrected chi connectivity index (χ2v) is 11.0. The molecule has 5 nitrogen and oxygen atoms in total. The molecule has 0 radical (unpaired) electrons. The molecule has 5 heteroatoms. The Hall–Kier alpha value is -1.85. The third kappa shape index (κ3) is 4.59. The van der Waals surface area contributed by atoms with Gasteiger partial charge in [-0.1, -0.05) is 37.6 Å². The van der Waals surface area contributed by atoms with E-state index in [1.165, 1.54) is 18.3 Å². The average Bonchev–Trinajstić information content (AvgIpc) is 2.76. The minimum Gasteiger partial charge on any atom is -0.468 e. The van der Waals surface area contributed by atoms with E-state index >= 15 is 0 Å². The number of aliphatic hydroxyl groups excluding tert-OH is 2. The Bertz CT molecular complexity index is 969. The first-order chi connectivity index (χ1) is 15.5. The van der Waals surface area contributed by atoms with Gasteiger partial charge in [-0.2, -0.15) is 0 Å². The summed E-state index contributed by atoms with van der Waals surface area (Å²) in [6, 6.07) is 0. The Morgan fingerprint density at radius 2 is 2.00 bits per heavy atom. The summed E-state index contributed by atoms with van der Waals surface area (Å²) in [7, 11) is 1.50. The van der Waals surface area contributed by atoms with Crippen LogP contribution in [0.25, 0.3) is 0 Å². The molecule has 1 aromatic heterocycles. The van der Waals surface area contributed by atoms with E-state index in [1.807, 2.05) is 0 Å². The Morgan fingerprint density at radius 1 is 1.30 bits per heavy atom. The molecule has 2 fully saturated rings. The standard InChI is InChI=1S/C28H42O5/c1-17(2)9-8-13-28(6)23-11-10-18(3)21(27(23,5)14-12-24(28)30)15-20-25(31)19(4)22(16-29)33-26(20)32-7/h9,21,23-24,29-30H,3,8,10-16H2,1-2,4-7H3/t21-,23-,24-,27-,28+/m1/s1. The molecule has 2 saturated carbocycles. The smallest absolute Gasteiger partial charge is 0.291 e. The number of methoxy groups -OCH3 is 1. The van der Waals surface area contributed by atoms with Crippen LogP contribution in [0, 0.1) is 29.6 Å². The molecule has 0 spiro atoms. The van der Waals surface area contributed by atoms with E-state index in [1.54, 1.807) is 6.92 Å². The predicted molar refractivity (Wildman–Crippen MR) is 131 cm³/mol. The van der Waals surface area contributed by atoms with E-state index in [4.69, 9.17) is 9.15 Å². The Morgan fingerprint density at radius 3 is 2.61 bits per heavy atom. The fourth-order valence-corrected chi connectivity index (χ4v) is 6.77. The van der Waals surface area contributed by atoms with Gasteiger partial charge in [0, 0.05) is 5.56 Å². The highest BCUT2D eigenvalue weighted by Gasteiger charge is 2.57. The van der Waals surface area contributed by atoms with Gasteiger partial charge in [-0.15, -0.1) is 0 Å². The van der Waals surface area contributed by atoms with Crippen molar-refractivity contribution in [1.82, 2.24) is 0 Å². The van der Waals surface area contributed by atoms with Gasteiger partial charge < -0.3 is 19.4 Å². The normalized spacial score (nSPS) is 31.8. The van der Waals surface area contributed by atoms with Gasteiger partial charge >= 0.3 is 0 Å². The molecule has 0 amide bonds. The van der Waals surface area contributed by atoms with Crippen LogP contribution in [0.2, 0.25) is 0 Å². The Balaban J connectivity index is 2.01. The molecule has 2 aliphatic carbocycles. The van der Waals surface area contributed by atoms with Gasteiger partial charge in [-0.05, 0) is 88.4 Å². The van der Waals surface area contributed by atoms with Gasteiger partial charge in [0.05, 0.1) is 18.8 Å². The second kappa shape index (κ2) is 9.79. The molecule has 3 rings (SSSR count). The fourth-order valence-electron chi connectivity index (χ4n) is 6.77. The van der Waals surface area contributed by atoms with Crippen LogP contribution in [0.15, 0.2) is 33.0 Å². The van der Waals surface area contributed by atoms with E-state index < -0.39 is 0 Å². The fraction of sp³-hybridized carbons (Fsp3) is 0.679. The summed E-state index contributed by atoms with van der Waals surface area (Å²) in [5.41, 5.74) is 3.06. The maximum absolute atomic E-state index is 13.2. The molecule has 2 N–H and O–H groups in total. The SMILES string of the molecule is C=C1CC[C@H]2[C@](C)(CCC=C(C)C)[C@H](O)CC[C@]2(C)[C@@H]1Cc1c(OC)oc(CO)c(C)c1=O. The van der Waals surface area contributed by atoms with Crippen molar-refractivity contribution in [1.29, 1.82) is 0 Å². The largest absolute Gasteiger partial charge is 0.468 e. The van der Waals surface area contributed by atoms with E-state index in [0.29, 0.717) is 23.5 Å². The summed E-state index contributed by atoms with van der Waals surface area (Å²) in [6.07, 6.45) is 7.95. The van der Waals surface area contributed by atoms with Crippen LogP contribution in [0.4, 0.5) is 0 Å². The minimum absolute atomic E-state index is 0.0741. The summed E-state index contributed by atoms with van der Waals surface area (Å²) < 4.78 is 11.2. The first kappa shape index (κ1) is 25.8. The summed E-state index contributed by atoms with van der Waals surface area (Å²) in [4.78, 5) is 13.2. The zero-order valence-electron chi connectivity index (χ0n) is 21.3. The molecule has 33 heavy (non-hydrogen) atoms. The van der Waals surface area contributed by atoms with Crippen molar-refractivity contribution >= 4 is 0 Å². The first-order valence-electron chi connectivity index (χ1n) is 12.3. The number of allylic oxidation sites excluding steroid dienone is 3. The molecule has 5 atom stereocenters. The molecule has 2 aliphatic rings. The molecule has 0 saturated heterocycles. The highest BCUT2D eigenvalue weighted by Crippen LogP contribution is 2.62. The molecule has 0 unspecified atom stereocenters. The highest BCUT2D eigenvalue weighted by atomic mass is 16.6. The topological polar surface area (TPSA) is 79.9 Å². The quantitative estimate of drug-likeness (QED) is 0.528. The van der Waals surface area contributed by atoms with Crippen LogP contribution >= 0.6 is 0 Å². The van der Waals surface area contributed by atoms with Gasteiger partial charge in [0.1, 0.15) is 12.4 Å². The number of fused-ring (bicyclic) bond motifs is 1. The zero-order valence-corrected chi connectivity index (χ0v) is 21.3. The van der Waals surface area contributed by atoms with Gasteiger partial charge in [0.25, 0.3) is 5.95 Å². The summed E-state index contributed by atoms with van der Waals surface area (Å²) in [5.74, 6) is 0.878. The predicted octanol–water partition coefficient (Wildman–Crippen LogP) is 5.49. The van der Waals surface area contributed by atoms with E-state index in [0.717, 1.165) is 38.5 Å². The third-order valence-electron chi connectivity index (χ3n) is 8.82. The lowest BCUT2D eigenvalue weighted by molar-refractivity contribution is -0.136. The van der Waals surface area contributed by atoms with Crippen molar-refractivity contribution in [2.75, 3.05) is 7.11 Å². The number of rotatable bonds is 7. The number of ether oxygens (including phenoxy) is 1. The summed E-state index contributed by atoms with van der Waals surface area (Å²) in [6.45, 7) is 14.6. The van der Waals surface area contributed by atoms with Crippen LogP contribution in [-0.4, -0.2) is 23.4 Å². The molecule has 0 aliphatic heterocycles. The van der Waals surface area contributed by atoms with Crippen LogP contribution in [0.1, 0.15) is 83.1 Å². The number of hydrogen-bond donors (Lipinski definition) is 2. The molecule has 0 aromatic carbocycles. The lowest BCUT2D eigenvalue weighted by atomic mass is 9.45. The lowest BCUT2D eigenvalue weighted by Crippen LogP contribution is -2.56. The lowest BCUT2D eigenvalue weighted by Gasteiger charge is -2.60. The average molecular weight is 459 g/mol. The third-order valence-corrected chi connectivity index (χ3v) is 8.82. The van der Waals surface area contributed by atoms with E-state index in [-0.39, 0.29) is 46.6 Å². The molecule has 1 heterocycles. The number of hydrogen-bond acceptors (Lipinski definition) is 5. The summed E-state index contributed by atoms with van der Waals surface area (Å²) >= 11 is 0. The molecule has 184 valence electrons. The Kier molecular flexibility index (Phi) is 7.65. The van der Waals surface area contributed by atoms with Crippen molar-refractivity contribution in [3.8, 4) is 5.95 Å². The van der Waals surface area contributed by atoms with Gasteiger partial charge in [0.2, 0.25) is 0 Å². The van der Waals surface area contributed by atoms with E-state index in [9.17, 15) is 15.0 Å². The van der Waals surface area contributed by atoms with Crippen molar-refractivity contribution < 1.29 is 19.4 Å². The zero-order chi connectivity index (χ0) is 24.6. The molecule has 0 bridgehead atoms. The molecular weight excluding hydrogens is 416 g/mol. The van der Waals surface area contributed by atoms with Crippen LogP contribution in [-0.2, 0) is 13.0 Å². The van der Waals surface area contributed by atoms with Gasteiger partial charge in [0.15, 0.2) is 5.43 Å². The molecule has 1 aromatic rings. The van der Waals surface area contributed by atoms with E-state index in [2.05, 4.69) is 40.3 Å². The molecular formula is C28H42O5. The summed E-state index contributed by atoms with van der Waals surface area (Å²) in [5, 5.41) is 20.7. The number of aliphatic hydroxyl groups is 2. The van der Waals surface area contributed by atoms with Crippen LogP contribution in [0.5, 0.6) is 5.95 Å². The monoisotopic (exact) mass is 458 g/mol. The van der Waals surface area contributed by atoms with Gasteiger partial charge in [-0.25, -0.2) is 0 Å². The minimum atomic E-state index is -0.338. The second-order valence-electron chi connectivity index (χ2n) is 11.0.